The van der Waals surface area contributed by atoms with Crippen LogP contribution in [0.15, 0.2) is 24.3 Å². The van der Waals surface area contributed by atoms with Gasteiger partial charge in [-0.25, -0.2) is 4.58 Å². The number of nitrogens with one attached hydrogen (secondary N) is 1. The predicted octanol–water partition coefficient (Wildman–Crippen LogP) is 3.40. The van der Waals surface area contributed by atoms with E-state index in [4.69, 9.17) is 0 Å². The van der Waals surface area contributed by atoms with Gasteiger partial charge in [0.15, 0.2) is 0 Å². The Bertz CT molecular complexity index is 665. The Labute approximate surface area is 120 Å². The largest absolute Gasteiger partial charge is 0.358 e. The first-order valence-electron chi connectivity index (χ1n) is 8.01. The number of hydrogen-bond acceptors (Lipinski definition) is 0. The fraction of sp³-hybridized carbons (Fsp3) is 0.500. The van der Waals surface area contributed by atoms with Crippen molar-refractivity contribution in [2.24, 2.45) is 11.8 Å². The molecule has 0 fully saturated rings. The van der Waals surface area contributed by atoms with Gasteiger partial charge in [-0.1, -0.05) is 25.1 Å². The van der Waals surface area contributed by atoms with E-state index < -0.39 is 0 Å². The highest BCUT2D eigenvalue weighted by atomic mass is 15.0. The summed E-state index contributed by atoms with van der Waals surface area (Å²) in [4.78, 5) is 3.71. The van der Waals surface area contributed by atoms with Crippen LogP contribution in [-0.2, 0) is 12.8 Å². The molecule has 3 aliphatic rings. The molecular formula is C18H23N2+. The number of nitrogens with zero attached hydrogens (tertiary/aromatic N) is 1. The third-order valence-corrected chi connectivity index (χ3v) is 5.34. The van der Waals surface area contributed by atoms with Gasteiger partial charge in [-0.3, -0.25) is 0 Å². The maximum atomic E-state index is 3.71. The standard InChI is InChI=1S/C18H23N2/c1-2-13-12-20-9-7-14(13)11-18-16(8-10-20)15-5-3-4-6-17(15)19-18/h3-6,9,13-14,19H,2,7-8,10-12H2,1H3/q+1/t13-,14-/m1/s1. The summed E-state index contributed by atoms with van der Waals surface area (Å²) in [5.41, 5.74) is 4.40. The minimum atomic E-state index is 0.821. The van der Waals surface area contributed by atoms with E-state index in [0.717, 1.165) is 11.8 Å². The maximum absolute atomic E-state index is 3.71. The monoisotopic (exact) mass is 267 g/mol. The van der Waals surface area contributed by atoms with Crippen molar-refractivity contribution in [2.45, 2.75) is 32.6 Å². The molecule has 0 saturated heterocycles. The molecule has 1 aromatic carbocycles. The molecule has 1 aromatic heterocycles. The number of rotatable bonds is 1. The summed E-state index contributed by atoms with van der Waals surface area (Å²) in [6.45, 7) is 4.80. The highest BCUT2D eigenvalue weighted by Crippen LogP contribution is 2.32. The average molecular weight is 267 g/mol. The molecule has 0 unspecified atom stereocenters. The minimum absolute atomic E-state index is 0.821. The van der Waals surface area contributed by atoms with Crippen LogP contribution in [0.5, 0.6) is 0 Å². The molecular weight excluding hydrogens is 244 g/mol. The first-order chi connectivity index (χ1) is 9.85. The average Bonchev–Trinajstić information content (AvgIpc) is 2.87. The van der Waals surface area contributed by atoms with Gasteiger partial charge in [0.1, 0.15) is 19.3 Å². The van der Waals surface area contributed by atoms with E-state index in [-0.39, 0.29) is 0 Å². The third-order valence-electron chi connectivity index (χ3n) is 5.34. The van der Waals surface area contributed by atoms with E-state index in [1.54, 1.807) is 5.56 Å². The lowest BCUT2D eigenvalue weighted by Crippen LogP contribution is -2.33. The van der Waals surface area contributed by atoms with Crippen molar-refractivity contribution in [2.75, 3.05) is 13.1 Å². The zero-order valence-corrected chi connectivity index (χ0v) is 12.2. The van der Waals surface area contributed by atoms with Gasteiger partial charge in [0, 0.05) is 35.4 Å². The molecule has 0 amide bonds. The van der Waals surface area contributed by atoms with Gasteiger partial charge >= 0.3 is 0 Å². The fourth-order valence-corrected chi connectivity index (χ4v) is 4.13. The van der Waals surface area contributed by atoms with Crippen LogP contribution in [0.3, 0.4) is 0 Å². The Kier molecular flexibility index (Phi) is 2.90. The third kappa shape index (κ3) is 1.90. The first-order valence-corrected chi connectivity index (χ1v) is 8.01. The Morgan fingerprint density at radius 2 is 2.20 bits per heavy atom. The number of para-hydroxylation sites is 1. The van der Waals surface area contributed by atoms with E-state index in [2.05, 4.69) is 47.0 Å². The molecule has 2 heteroatoms. The molecule has 2 aromatic rings. The van der Waals surface area contributed by atoms with E-state index in [1.165, 1.54) is 55.4 Å². The second-order valence-corrected chi connectivity index (χ2v) is 6.42. The van der Waals surface area contributed by atoms with Crippen LogP contribution in [0.1, 0.15) is 31.0 Å². The molecule has 2 bridgehead atoms. The van der Waals surface area contributed by atoms with Crippen molar-refractivity contribution in [3.63, 3.8) is 0 Å². The number of aromatic amines is 1. The van der Waals surface area contributed by atoms with E-state index in [0.29, 0.717) is 0 Å². The Balaban J connectivity index is 1.81. The molecule has 20 heavy (non-hydrogen) atoms. The second kappa shape index (κ2) is 4.76. The van der Waals surface area contributed by atoms with Crippen LogP contribution >= 0.6 is 0 Å². The van der Waals surface area contributed by atoms with Crippen molar-refractivity contribution in [1.29, 1.82) is 0 Å². The van der Waals surface area contributed by atoms with Gasteiger partial charge in [0.05, 0.1) is 0 Å². The number of aromatic nitrogens is 1. The zero-order valence-electron chi connectivity index (χ0n) is 12.2. The Morgan fingerprint density at radius 3 is 3.10 bits per heavy atom. The van der Waals surface area contributed by atoms with Crippen LogP contribution in [0, 0.1) is 11.8 Å². The molecule has 0 saturated carbocycles. The number of hydrogen-bond donors (Lipinski definition) is 1. The molecule has 5 rings (SSSR count). The van der Waals surface area contributed by atoms with Crippen molar-refractivity contribution in [1.82, 2.24) is 4.98 Å². The highest BCUT2D eigenvalue weighted by Gasteiger charge is 2.32. The molecule has 4 heterocycles. The summed E-state index contributed by atoms with van der Waals surface area (Å²) in [5.74, 6) is 1.68. The maximum Gasteiger partial charge on any atom is 0.146 e. The lowest BCUT2D eigenvalue weighted by Gasteiger charge is -2.25. The number of benzene rings is 1. The van der Waals surface area contributed by atoms with Gasteiger partial charge in [-0.2, -0.15) is 0 Å². The van der Waals surface area contributed by atoms with Crippen molar-refractivity contribution >= 4 is 17.1 Å². The number of H-pyrrole nitrogens is 1. The number of fused-ring (bicyclic) bond motifs is 4. The smallest absolute Gasteiger partial charge is 0.146 e. The van der Waals surface area contributed by atoms with Gasteiger partial charge in [-0.05, 0) is 30.4 Å². The van der Waals surface area contributed by atoms with Crippen LogP contribution < -0.4 is 0 Å². The van der Waals surface area contributed by atoms with Gasteiger partial charge < -0.3 is 4.98 Å². The summed E-state index contributed by atoms with van der Waals surface area (Å²) in [5, 5.41) is 1.44. The Morgan fingerprint density at radius 1 is 1.30 bits per heavy atom. The van der Waals surface area contributed by atoms with Crippen LogP contribution in [0.25, 0.3) is 10.9 Å². The summed E-state index contributed by atoms with van der Waals surface area (Å²) in [6.07, 6.45) is 7.44. The lowest BCUT2D eigenvalue weighted by atomic mass is 9.82. The summed E-state index contributed by atoms with van der Waals surface area (Å²) in [7, 11) is 0. The molecule has 0 spiro atoms. The normalized spacial score (nSPS) is 25.8. The lowest BCUT2D eigenvalue weighted by molar-refractivity contribution is -0.537. The van der Waals surface area contributed by atoms with Gasteiger partial charge in [0.25, 0.3) is 0 Å². The molecule has 2 nitrogen and oxygen atoms in total. The zero-order chi connectivity index (χ0) is 13.5. The fourth-order valence-electron chi connectivity index (χ4n) is 4.13. The topological polar surface area (TPSA) is 18.8 Å². The second-order valence-electron chi connectivity index (χ2n) is 6.42. The molecule has 1 N–H and O–H groups in total. The van der Waals surface area contributed by atoms with Crippen LogP contribution in [-0.4, -0.2) is 28.9 Å². The minimum Gasteiger partial charge on any atom is -0.358 e. The predicted molar refractivity (Wildman–Crippen MR) is 83.7 cm³/mol. The van der Waals surface area contributed by atoms with Crippen molar-refractivity contribution in [3.8, 4) is 0 Å². The molecule has 0 aliphatic carbocycles. The van der Waals surface area contributed by atoms with Crippen molar-refractivity contribution in [3.05, 3.63) is 35.5 Å². The van der Waals surface area contributed by atoms with E-state index in [1.807, 2.05) is 0 Å². The van der Waals surface area contributed by atoms with Crippen LogP contribution in [0.2, 0.25) is 0 Å². The molecule has 2 atom stereocenters. The Hall–Kier alpha value is -1.57. The van der Waals surface area contributed by atoms with Gasteiger partial charge in [0.2, 0.25) is 0 Å². The summed E-state index contributed by atoms with van der Waals surface area (Å²) in [6, 6.07) is 8.80. The van der Waals surface area contributed by atoms with Crippen molar-refractivity contribution < 1.29 is 4.58 Å². The molecule has 0 radical (unpaired) electrons. The highest BCUT2D eigenvalue weighted by molar-refractivity contribution is 5.84. The SMILES string of the molecule is CC[C@@H]1C[N+]2=CC[C@@H]1Cc1[nH]c3ccccc3c1CC2. The van der Waals surface area contributed by atoms with Crippen LogP contribution in [0.4, 0.5) is 0 Å². The summed E-state index contributed by atoms with van der Waals surface area (Å²) >= 11 is 0. The molecule has 3 aliphatic heterocycles. The first kappa shape index (κ1) is 12.2. The van der Waals surface area contributed by atoms with E-state index in [9.17, 15) is 0 Å². The quantitative estimate of drug-likeness (QED) is 0.764. The molecule has 104 valence electrons. The van der Waals surface area contributed by atoms with Gasteiger partial charge in [-0.15, -0.1) is 0 Å². The van der Waals surface area contributed by atoms with E-state index >= 15 is 0 Å². The summed E-state index contributed by atoms with van der Waals surface area (Å²) < 4.78 is 2.57.